The van der Waals surface area contributed by atoms with Crippen molar-refractivity contribution in [2.75, 3.05) is 0 Å². The van der Waals surface area contributed by atoms with E-state index in [1.54, 1.807) is 11.3 Å². The summed E-state index contributed by atoms with van der Waals surface area (Å²) < 4.78 is 5.89. The number of thiazole rings is 1. The molecule has 1 atom stereocenters. The summed E-state index contributed by atoms with van der Waals surface area (Å²) in [7, 11) is 0. The minimum absolute atomic E-state index is 0.0423. The Morgan fingerprint density at radius 1 is 1.14 bits per heavy atom. The molecule has 2 aromatic carbocycles. The second-order valence-corrected chi connectivity index (χ2v) is 7.79. The number of carbonyl (C=O) groups excluding carboxylic acids is 1. The molecule has 0 fully saturated rings. The Morgan fingerprint density at radius 3 is 2.57 bits per heavy atom. The molecule has 146 valence electrons. The van der Waals surface area contributed by atoms with Gasteiger partial charge in [-0.25, -0.2) is 4.98 Å². The van der Waals surface area contributed by atoms with Gasteiger partial charge in [-0.15, -0.1) is 11.3 Å². The van der Waals surface area contributed by atoms with Crippen molar-refractivity contribution < 1.29 is 9.53 Å². The van der Waals surface area contributed by atoms with Crippen molar-refractivity contribution in [2.45, 2.75) is 46.4 Å². The maximum absolute atomic E-state index is 13.0. The molecule has 1 amide bonds. The third-order valence-electron chi connectivity index (χ3n) is 4.78. The Bertz CT molecular complexity index is 908. The van der Waals surface area contributed by atoms with E-state index in [-0.39, 0.29) is 11.9 Å². The van der Waals surface area contributed by atoms with Crippen LogP contribution in [0, 0.1) is 6.92 Å². The Balaban J connectivity index is 1.68. The van der Waals surface area contributed by atoms with Crippen LogP contribution >= 0.6 is 11.3 Å². The molecule has 4 nitrogen and oxygen atoms in total. The van der Waals surface area contributed by atoms with E-state index in [4.69, 9.17) is 4.74 Å². The van der Waals surface area contributed by atoms with Crippen LogP contribution in [-0.4, -0.2) is 21.8 Å². The van der Waals surface area contributed by atoms with Crippen molar-refractivity contribution in [1.82, 2.24) is 9.88 Å². The fourth-order valence-electron chi connectivity index (χ4n) is 2.91. The molecule has 0 bridgehead atoms. The van der Waals surface area contributed by atoms with E-state index in [2.05, 4.69) is 18.8 Å². The van der Waals surface area contributed by atoms with Gasteiger partial charge in [0.1, 0.15) is 17.4 Å². The number of rotatable bonds is 8. The van der Waals surface area contributed by atoms with E-state index in [0.29, 0.717) is 18.7 Å². The number of ether oxygens (including phenoxy) is 1. The topological polar surface area (TPSA) is 42.4 Å². The van der Waals surface area contributed by atoms with E-state index in [9.17, 15) is 4.79 Å². The van der Waals surface area contributed by atoms with E-state index in [0.717, 1.165) is 28.4 Å². The summed E-state index contributed by atoms with van der Waals surface area (Å²) in [4.78, 5) is 19.6. The molecule has 3 aromatic rings. The number of aryl methyl sites for hydroxylation is 1. The molecule has 0 saturated carbocycles. The normalized spacial score (nSPS) is 11.8. The fourth-order valence-corrected chi connectivity index (χ4v) is 3.61. The summed E-state index contributed by atoms with van der Waals surface area (Å²) in [5.41, 5.74) is 2.72. The Kier molecular flexibility index (Phi) is 6.82. The third-order valence-corrected chi connectivity index (χ3v) is 5.65. The lowest BCUT2D eigenvalue weighted by atomic mass is 10.1. The Hall–Kier alpha value is -2.66. The molecule has 0 aliphatic rings. The van der Waals surface area contributed by atoms with Gasteiger partial charge < -0.3 is 9.64 Å². The molecule has 0 radical (unpaired) electrons. The second kappa shape index (κ2) is 9.51. The fraction of sp³-hybridized carbons (Fsp3) is 0.304. The lowest BCUT2D eigenvalue weighted by molar-refractivity contribution is 0.0669. The lowest BCUT2D eigenvalue weighted by Crippen LogP contribution is -2.37. The van der Waals surface area contributed by atoms with Crippen LogP contribution in [0.4, 0.5) is 0 Å². The van der Waals surface area contributed by atoms with Crippen LogP contribution in [0.5, 0.6) is 5.75 Å². The van der Waals surface area contributed by atoms with Gasteiger partial charge in [-0.2, -0.15) is 0 Å². The van der Waals surface area contributed by atoms with Gasteiger partial charge in [0.15, 0.2) is 0 Å². The number of nitrogens with zero attached hydrogens (tertiary/aromatic N) is 2. The van der Waals surface area contributed by atoms with Gasteiger partial charge >= 0.3 is 0 Å². The summed E-state index contributed by atoms with van der Waals surface area (Å²) in [5.74, 6) is 0.917. The monoisotopic (exact) mass is 394 g/mol. The van der Waals surface area contributed by atoms with Gasteiger partial charge in [-0.3, -0.25) is 4.79 Å². The number of hydrogen-bond acceptors (Lipinski definition) is 4. The lowest BCUT2D eigenvalue weighted by Gasteiger charge is -2.28. The van der Waals surface area contributed by atoms with Crippen LogP contribution in [0.3, 0.4) is 0 Å². The van der Waals surface area contributed by atoms with Crippen LogP contribution in [0.1, 0.15) is 46.9 Å². The minimum atomic E-state index is 0.0423. The molecule has 0 unspecified atom stereocenters. The maximum Gasteiger partial charge on any atom is 0.254 e. The predicted octanol–water partition coefficient (Wildman–Crippen LogP) is 5.47. The minimum Gasteiger partial charge on any atom is -0.486 e. The third kappa shape index (κ3) is 4.98. The molecule has 0 N–H and O–H groups in total. The van der Waals surface area contributed by atoms with Crippen molar-refractivity contribution in [2.24, 2.45) is 0 Å². The smallest absolute Gasteiger partial charge is 0.254 e. The van der Waals surface area contributed by atoms with E-state index in [1.807, 2.05) is 71.8 Å². The number of carbonyl (C=O) groups is 1. The first-order valence-electron chi connectivity index (χ1n) is 9.56. The number of amides is 1. The average Bonchev–Trinajstić information content (AvgIpc) is 3.18. The average molecular weight is 395 g/mol. The van der Waals surface area contributed by atoms with Gasteiger partial charge in [-0.05, 0) is 44.0 Å². The summed E-state index contributed by atoms with van der Waals surface area (Å²) in [6.45, 7) is 7.14. The van der Waals surface area contributed by atoms with Crippen molar-refractivity contribution >= 4 is 17.2 Å². The Morgan fingerprint density at radius 2 is 1.86 bits per heavy atom. The highest BCUT2D eigenvalue weighted by Gasteiger charge is 2.21. The highest BCUT2D eigenvalue weighted by molar-refractivity contribution is 7.09. The summed E-state index contributed by atoms with van der Waals surface area (Å²) in [5, 5.41) is 2.93. The quantitative estimate of drug-likeness (QED) is 0.509. The van der Waals surface area contributed by atoms with Crippen LogP contribution in [0.25, 0.3) is 0 Å². The first-order chi connectivity index (χ1) is 13.6. The zero-order valence-electron chi connectivity index (χ0n) is 16.6. The van der Waals surface area contributed by atoms with Gasteiger partial charge in [0, 0.05) is 17.0 Å². The van der Waals surface area contributed by atoms with E-state index < -0.39 is 0 Å². The summed E-state index contributed by atoms with van der Waals surface area (Å²) >= 11 is 1.57. The van der Waals surface area contributed by atoms with Crippen LogP contribution < -0.4 is 4.74 Å². The number of para-hydroxylation sites is 1. The van der Waals surface area contributed by atoms with Crippen molar-refractivity contribution in [3.05, 3.63) is 81.8 Å². The van der Waals surface area contributed by atoms with Crippen molar-refractivity contribution in [1.29, 1.82) is 0 Å². The van der Waals surface area contributed by atoms with Crippen LogP contribution in [-0.2, 0) is 13.2 Å². The highest BCUT2D eigenvalue weighted by Crippen LogP contribution is 2.21. The van der Waals surface area contributed by atoms with Crippen LogP contribution in [0.15, 0.2) is 60.0 Å². The zero-order chi connectivity index (χ0) is 19.9. The summed E-state index contributed by atoms with van der Waals surface area (Å²) in [6, 6.07) is 17.5. The standard InChI is InChI=1S/C23H26N2O2S/c1-4-18(3)25(23(26)19-11-6-5-7-12-19)14-20-16-28-22(24-20)15-27-21-13-9-8-10-17(21)2/h5-13,16,18H,4,14-15H2,1-3H3/t18-/m0/s1. The number of benzene rings is 2. The molecule has 28 heavy (non-hydrogen) atoms. The van der Waals surface area contributed by atoms with Gasteiger partial charge in [0.25, 0.3) is 5.91 Å². The summed E-state index contributed by atoms with van der Waals surface area (Å²) in [6.07, 6.45) is 0.895. The van der Waals surface area contributed by atoms with Crippen molar-refractivity contribution in [3.63, 3.8) is 0 Å². The predicted molar refractivity (Wildman–Crippen MR) is 114 cm³/mol. The van der Waals surface area contributed by atoms with E-state index >= 15 is 0 Å². The van der Waals surface area contributed by atoms with Gasteiger partial charge in [0.2, 0.25) is 0 Å². The second-order valence-electron chi connectivity index (χ2n) is 6.84. The molecule has 0 saturated heterocycles. The van der Waals surface area contributed by atoms with Crippen LogP contribution in [0.2, 0.25) is 0 Å². The molecule has 0 spiro atoms. The number of aromatic nitrogens is 1. The number of hydrogen-bond donors (Lipinski definition) is 0. The molecule has 1 aromatic heterocycles. The SMILES string of the molecule is CC[C@H](C)N(Cc1csc(COc2ccccc2C)n1)C(=O)c1ccccc1. The largest absolute Gasteiger partial charge is 0.486 e. The molecular formula is C23H26N2O2S. The molecule has 1 heterocycles. The van der Waals surface area contributed by atoms with E-state index in [1.165, 1.54) is 0 Å². The van der Waals surface area contributed by atoms with Gasteiger partial charge in [-0.1, -0.05) is 43.3 Å². The molecule has 0 aliphatic carbocycles. The first kappa shape index (κ1) is 20.1. The molecule has 5 heteroatoms. The van der Waals surface area contributed by atoms with Crippen molar-refractivity contribution in [3.8, 4) is 5.75 Å². The van der Waals surface area contributed by atoms with Gasteiger partial charge in [0.05, 0.1) is 12.2 Å². The first-order valence-corrected chi connectivity index (χ1v) is 10.4. The molecule has 3 rings (SSSR count). The zero-order valence-corrected chi connectivity index (χ0v) is 17.4. The molecule has 0 aliphatic heterocycles. The molecular weight excluding hydrogens is 368 g/mol. The highest BCUT2D eigenvalue weighted by atomic mass is 32.1. The Labute approximate surface area is 170 Å². The maximum atomic E-state index is 13.0.